The number of allylic oxidation sites excluding steroid dienone is 1. The van der Waals surface area contributed by atoms with Crippen LogP contribution < -0.4 is 5.32 Å². The Hall–Kier alpha value is -2.52. The van der Waals surface area contributed by atoms with Crippen LogP contribution in [-0.2, 0) is 11.3 Å². The van der Waals surface area contributed by atoms with Crippen LogP contribution in [0.15, 0.2) is 47.7 Å². The summed E-state index contributed by atoms with van der Waals surface area (Å²) in [5.41, 5.74) is 1.75. The van der Waals surface area contributed by atoms with Crippen LogP contribution in [0.3, 0.4) is 0 Å². The van der Waals surface area contributed by atoms with Gasteiger partial charge in [0.25, 0.3) is 0 Å². The molecule has 26 heavy (non-hydrogen) atoms. The molecular weight excluding hydrogens is 368 g/mol. The molecule has 0 radical (unpaired) electrons. The third-order valence-corrected chi connectivity index (χ3v) is 5.40. The number of amides is 1. The first-order valence-electron chi connectivity index (χ1n) is 7.92. The summed E-state index contributed by atoms with van der Waals surface area (Å²) >= 11 is 2.75. The molecule has 0 saturated carbocycles. The fourth-order valence-corrected chi connectivity index (χ4v) is 3.76. The van der Waals surface area contributed by atoms with E-state index < -0.39 is 0 Å². The van der Waals surface area contributed by atoms with Gasteiger partial charge in [-0.3, -0.25) is 14.3 Å². The van der Waals surface area contributed by atoms with E-state index in [-0.39, 0.29) is 11.2 Å². The first-order chi connectivity index (χ1) is 12.6. The third-order valence-electron chi connectivity index (χ3n) is 3.45. The molecule has 0 aromatic carbocycles. The Morgan fingerprint density at radius 3 is 3.00 bits per heavy atom. The highest BCUT2D eigenvalue weighted by molar-refractivity contribution is 8.00. The zero-order valence-electron chi connectivity index (χ0n) is 14.4. The number of thiazole rings is 1. The maximum absolute atomic E-state index is 12.4. The van der Waals surface area contributed by atoms with Crippen molar-refractivity contribution >= 4 is 34.1 Å². The Morgan fingerprint density at radius 2 is 2.35 bits per heavy atom. The highest BCUT2D eigenvalue weighted by Gasteiger charge is 2.21. The lowest BCUT2D eigenvalue weighted by atomic mass is 10.3. The number of carbonyl (C=O) groups excluding carboxylic acids is 1. The van der Waals surface area contributed by atoms with Crippen molar-refractivity contribution in [3.63, 3.8) is 0 Å². The molecule has 0 bridgehead atoms. The summed E-state index contributed by atoms with van der Waals surface area (Å²) < 4.78 is 1.92. The molecule has 1 amide bonds. The first kappa shape index (κ1) is 18.3. The fraction of sp³-hybridized carbons (Fsp3) is 0.235. The second kappa shape index (κ2) is 8.24. The van der Waals surface area contributed by atoms with Crippen molar-refractivity contribution in [1.29, 1.82) is 0 Å². The van der Waals surface area contributed by atoms with E-state index in [1.807, 2.05) is 35.9 Å². The molecule has 0 spiro atoms. The van der Waals surface area contributed by atoms with E-state index in [1.165, 1.54) is 23.1 Å². The normalized spacial score (nSPS) is 11.9. The lowest BCUT2D eigenvalue weighted by Crippen LogP contribution is -2.22. The number of hydrogen-bond acceptors (Lipinski definition) is 7. The number of carbonyl (C=O) groups is 1. The monoisotopic (exact) mass is 386 g/mol. The summed E-state index contributed by atoms with van der Waals surface area (Å²) in [5.74, 6) is 0.573. The van der Waals surface area contributed by atoms with Gasteiger partial charge in [-0.2, -0.15) is 0 Å². The van der Waals surface area contributed by atoms with Crippen LogP contribution in [0.1, 0.15) is 12.6 Å². The minimum Gasteiger partial charge on any atom is -0.301 e. The van der Waals surface area contributed by atoms with Crippen molar-refractivity contribution in [2.45, 2.75) is 30.8 Å². The van der Waals surface area contributed by atoms with E-state index in [2.05, 4.69) is 32.1 Å². The van der Waals surface area contributed by atoms with Crippen LogP contribution in [0, 0.1) is 6.92 Å². The predicted octanol–water partition coefficient (Wildman–Crippen LogP) is 3.41. The minimum atomic E-state index is -0.353. The van der Waals surface area contributed by atoms with Crippen LogP contribution in [-0.4, -0.2) is 35.9 Å². The molecule has 3 heterocycles. The molecule has 0 aliphatic rings. The summed E-state index contributed by atoms with van der Waals surface area (Å²) in [7, 11) is 0. The highest BCUT2D eigenvalue weighted by Crippen LogP contribution is 2.27. The van der Waals surface area contributed by atoms with Crippen molar-refractivity contribution in [1.82, 2.24) is 24.7 Å². The zero-order chi connectivity index (χ0) is 18.5. The molecule has 1 unspecified atom stereocenters. The average molecular weight is 387 g/mol. The highest BCUT2D eigenvalue weighted by atomic mass is 32.2. The average Bonchev–Trinajstić information content (AvgIpc) is 3.22. The summed E-state index contributed by atoms with van der Waals surface area (Å²) in [6, 6.07) is 3.77. The summed E-state index contributed by atoms with van der Waals surface area (Å²) in [4.78, 5) is 20.8. The van der Waals surface area contributed by atoms with Gasteiger partial charge in [-0.1, -0.05) is 17.8 Å². The number of nitrogens with zero attached hydrogens (tertiary/aromatic N) is 5. The molecule has 0 aliphatic carbocycles. The quantitative estimate of drug-likeness (QED) is 0.495. The lowest BCUT2D eigenvalue weighted by Gasteiger charge is -2.11. The molecule has 3 aromatic heterocycles. The van der Waals surface area contributed by atoms with E-state index in [9.17, 15) is 4.79 Å². The van der Waals surface area contributed by atoms with Crippen molar-refractivity contribution in [2.75, 3.05) is 5.32 Å². The molecule has 3 rings (SSSR count). The third kappa shape index (κ3) is 4.17. The topological polar surface area (TPSA) is 85.6 Å². The van der Waals surface area contributed by atoms with Gasteiger partial charge in [0.15, 0.2) is 16.1 Å². The van der Waals surface area contributed by atoms with Crippen molar-refractivity contribution in [3.8, 4) is 11.4 Å². The van der Waals surface area contributed by atoms with Gasteiger partial charge >= 0.3 is 0 Å². The van der Waals surface area contributed by atoms with Gasteiger partial charge in [0.1, 0.15) is 0 Å². The fourth-order valence-electron chi connectivity index (χ4n) is 2.21. The number of pyridine rings is 1. The van der Waals surface area contributed by atoms with E-state index in [0.717, 1.165) is 11.3 Å². The van der Waals surface area contributed by atoms with Gasteiger partial charge in [-0.15, -0.1) is 28.1 Å². The van der Waals surface area contributed by atoms with Gasteiger partial charge in [-0.25, -0.2) is 4.98 Å². The van der Waals surface area contributed by atoms with Crippen LogP contribution in [0.5, 0.6) is 0 Å². The molecular formula is C17H18N6OS2. The number of thioether (sulfide) groups is 1. The second-order valence-electron chi connectivity index (χ2n) is 5.49. The molecule has 7 nitrogen and oxygen atoms in total. The maximum Gasteiger partial charge on any atom is 0.239 e. The SMILES string of the molecule is C=CCn1c(SC(C)C(=O)Nc2nc(C)cs2)nnc1-c1cccnc1. The Bertz CT molecular complexity index is 905. The molecule has 3 aromatic rings. The molecule has 0 saturated heterocycles. The van der Waals surface area contributed by atoms with Gasteiger partial charge in [-0.05, 0) is 26.0 Å². The number of rotatable bonds is 7. The second-order valence-corrected chi connectivity index (χ2v) is 7.66. The smallest absolute Gasteiger partial charge is 0.239 e. The largest absolute Gasteiger partial charge is 0.301 e. The van der Waals surface area contributed by atoms with Gasteiger partial charge in [0, 0.05) is 29.9 Å². The van der Waals surface area contributed by atoms with Gasteiger partial charge < -0.3 is 5.32 Å². The number of nitrogens with one attached hydrogen (secondary N) is 1. The van der Waals surface area contributed by atoms with Crippen LogP contribution in [0.2, 0.25) is 0 Å². The molecule has 9 heteroatoms. The molecule has 1 N–H and O–H groups in total. The van der Waals surface area contributed by atoms with Gasteiger partial charge in [0.2, 0.25) is 5.91 Å². The summed E-state index contributed by atoms with van der Waals surface area (Å²) in [6.45, 7) is 8.06. The minimum absolute atomic E-state index is 0.125. The van der Waals surface area contributed by atoms with Crippen LogP contribution >= 0.6 is 23.1 Å². The number of aryl methyl sites for hydroxylation is 1. The summed E-state index contributed by atoms with van der Waals surface area (Å²) in [6.07, 6.45) is 5.22. The molecule has 1 atom stereocenters. The lowest BCUT2D eigenvalue weighted by molar-refractivity contribution is -0.115. The van der Waals surface area contributed by atoms with E-state index >= 15 is 0 Å². The number of anilines is 1. The van der Waals surface area contributed by atoms with E-state index in [4.69, 9.17) is 0 Å². The zero-order valence-corrected chi connectivity index (χ0v) is 16.0. The van der Waals surface area contributed by atoms with Crippen LogP contribution in [0.25, 0.3) is 11.4 Å². The molecule has 0 fully saturated rings. The van der Waals surface area contributed by atoms with Gasteiger partial charge in [0.05, 0.1) is 10.9 Å². The number of aromatic nitrogens is 5. The van der Waals surface area contributed by atoms with Crippen molar-refractivity contribution < 1.29 is 4.79 Å². The van der Waals surface area contributed by atoms with E-state index in [1.54, 1.807) is 18.5 Å². The Labute approximate surface area is 159 Å². The standard InChI is InChI=1S/C17H18N6OS2/c1-4-8-23-14(13-6-5-7-18-9-13)21-22-17(23)26-12(3)15(24)20-16-19-11(2)10-25-16/h4-7,9-10,12H,1,8H2,2-3H3,(H,19,20,24). The first-order valence-corrected chi connectivity index (χ1v) is 9.68. The Kier molecular flexibility index (Phi) is 5.79. The Morgan fingerprint density at radius 1 is 1.50 bits per heavy atom. The van der Waals surface area contributed by atoms with Crippen molar-refractivity contribution in [2.24, 2.45) is 0 Å². The Balaban J connectivity index is 1.77. The van der Waals surface area contributed by atoms with E-state index in [0.29, 0.717) is 22.7 Å². The molecule has 134 valence electrons. The maximum atomic E-state index is 12.4. The van der Waals surface area contributed by atoms with Crippen molar-refractivity contribution in [3.05, 3.63) is 48.3 Å². The summed E-state index contributed by atoms with van der Waals surface area (Å²) in [5, 5.41) is 14.2. The number of hydrogen-bond donors (Lipinski definition) is 1. The predicted molar refractivity (Wildman–Crippen MR) is 104 cm³/mol. The van der Waals surface area contributed by atoms with Crippen LogP contribution in [0.4, 0.5) is 5.13 Å². The molecule has 0 aliphatic heterocycles.